The summed E-state index contributed by atoms with van der Waals surface area (Å²) >= 11 is 0. The summed E-state index contributed by atoms with van der Waals surface area (Å²) in [6.45, 7) is 17.6. The number of carbonyl (C=O) groups excluding carboxylic acids is 3. The topological polar surface area (TPSA) is 87.7 Å². The van der Waals surface area contributed by atoms with E-state index in [9.17, 15) is 14.4 Å². The van der Waals surface area contributed by atoms with Crippen LogP contribution in [0.1, 0.15) is 67.9 Å². The summed E-state index contributed by atoms with van der Waals surface area (Å²) in [6.07, 6.45) is 1.77. The highest BCUT2D eigenvalue weighted by molar-refractivity contribution is 5.92. The number of amides is 2. The van der Waals surface area contributed by atoms with Crippen LogP contribution in [0.3, 0.4) is 0 Å². The van der Waals surface area contributed by atoms with Gasteiger partial charge in [-0.05, 0) is 37.8 Å². The first-order valence-corrected chi connectivity index (χ1v) is 12.7. The number of nitrogens with one attached hydrogen (secondary N) is 2. The number of carbonyl (C=O) groups is 3. The average molecular weight is 502 g/mol. The van der Waals surface area contributed by atoms with Gasteiger partial charge in [0, 0.05) is 18.0 Å². The summed E-state index contributed by atoms with van der Waals surface area (Å²) in [5, 5.41) is 6.21. The molecule has 0 aliphatic carbocycles. The van der Waals surface area contributed by atoms with Crippen LogP contribution in [0.15, 0.2) is 42.0 Å². The highest BCUT2D eigenvalue weighted by Gasteiger charge is 2.41. The van der Waals surface area contributed by atoms with Gasteiger partial charge in [0.2, 0.25) is 11.8 Å². The van der Waals surface area contributed by atoms with Crippen molar-refractivity contribution in [3.8, 4) is 0 Å². The quantitative estimate of drug-likeness (QED) is 0.352. The van der Waals surface area contributed by atoms with Gasteiger partial charge in [-0.2, -0.15) is 0 Å². The van der Waals surface area contributed by atoms with Crippen LogP contribution in [0.4, 0.5) is 0 Å². The van der Waals surface area contributed by atoms with E-state index >= 15 is 0 Å². The molecule has 0 unspecified atom stereocenters. The Hall–Kier alpha value is -2.67. The molecular weight excluding hydrogens is 454 g/mol. The molecule has 36 heavy (non-hydrogen) atoms. The van der Waals surface area contributed by atoms with E-state index in [2.05, 4.69) is 10.6 Å². The molecular formula is C29H47N3O4. The first-order chi connectivity index (χ1) is 16.6. The third-order valence-electron chi connectivity index (χ3n) is 6.69. The fourth-order valence-electron chi connectivity index (χ4n) is 4.40. The van der Waals surface area contributed by atoms with E-state index in [4.69, 9.17) is 4.74 Å². The maximum absolute atomic E-state index is 13.8. The van der Waals surface area contributed by atoms with Gasteiger partial charge in [0.25, 0.3) is 0 Å². The summed E-state index contributed by atoms with van der Waals surface area (Å²) in [5.41, 5.74) is 0.413. The Morgan fingerprint density at radius 2 is 1.58 bits per heavy atom. The van der Waals surface area contributed by atoms with Crippen LogP contribution >= 0.6 is 0 Å². The maximum Gasteiger partial charge on any atom is 0.333 e. The SMILES string of the molecule is CCOC(=O)C(C)=C[C@H](C(C)C)N(C)C(=O)[C@@H](NC(=O)[C@H](NC)C(C)(C)c1ccccc1)C(C)(C)C. The van der Waals surface area contributed by atoms with E-state index in [1.807, 2.05) is 78.8 Å². The standard InChI is InChI=1S/C29H47N3O4/c1-12-36-27(35)20(4)18-22(19(2)3)32(11)26(34)24(28(5,6)7)31-25(33)23(30-10)29(8,9)21-16-14-13-15-17-21/h13-19,22-24,30H,12H2,1-11H3,(H,31,33)/t22-,23+,24-/m1/s1. The largest absolute Gasteiger partial charge is 0.463 e. The molecule has 3 atom stereocenters. The molecule has 7 nitrogen and oxygen atoms in total. The third-order valence-corrected chi connectivity index (χ3v) is 6.69. The van der Waals surface area contributed by atoms with Gasteiger partial charge in [-0.15, -0.1) is 0 Å². The van der Waals surface area contributed by atoms with Crippen molar-refractivity contribution in [2.75, 3.05) is 20.7 Å². The number of hydrogen-bond acceptors (Lipinski definition) is 5. The van der Waals surface area contributed by atoms with E-state index in [-0.39, 0.29) is 30.4 Å². The normalized spacial score (nSPS) is 15.2. The maximum atomic E-state index is 13.8. The third kappa shape index (κ3) is 7.92. The number of rotatable bonds is 11. The van der Waals surface area contributed by atoms with Crippen LogP contribution in [-0.2, 0) is 24.5 Å². The molecule has 0 spiro atoms. The van der Waals surface area contributed by atoms with Gasteiger partial charge >= 0.3 is 5.97 Å². The van der Waals surface area contributed by atoms with E-state index in [1.165, 1.54) is 0 Å². The van der Waals surface area contributed by atoms with Gasteiger partial charge in [-0.25, -0.2) is 4.79 Å². The Morgan fingerprint density at radius 1 is 1.03 bits per heavy atom. The molecule has 1 rings (SSSR count). The summed E-state index contributed by atoms with van der Waals surface area (Å²) in [7, 11) is 3.48. The second kappa shape index (κ2) is 13.0. The number of benzene rings is 1. The summed E-state index contributed by atoms with van der Waals surface area (Å²) < 4.78 is 5.11. The minimum absolute atomic E-state index is 0.0433. The van der Waals surface area contributed by atoms with Crippen molar-refractivity contribution in [1.29, 1.82) is 0 Å². The molecule has 0 saturated heterocycles. The zero-order valence-corrected chi connectivity index (χ0v) is 24.1. The molecule has 0 fully saturated rings. The lowest BCUT2D eigenvalue weighted by Crippen LogP contribution is -2.61. The van der Waals surface area contributed by atoms with Crippen LogP contribution in [0, 0.1) is 11.3 Å². The molecule has 0 bridgehead atoms. The fraction of sp³-hybridized carbons (Fsp3) is 0.621. The second-order valence-corrected chi connectivity index (χ2v) is 11.4. The molecule has 202 valence electrons. The van der Waals surface area contributed by atoms with Crippen molar-refractivity contribution in [2.45, 2.75) is 85.9 Å². The number of likely N-dealkylation sites (N-methyl/N-ethyl adjacent to an activating group) is 2. The number of esters is 1. The number of hydrogen-bond donors (Lipinski definition) is 2. The predicted octanol–water partition coefficient (Wildman–Crippen LogP) is 4.08. The van der Waals surface area contributed by atoms with Gasteiger partial charge in [0.05, 0.1) is 18.7 Å². The van der Waals surface area contributed by atoms with Crippen molar-refractivity contribution >= 4 is 17.8 Å². The Balaban J connectivity index is 3.28. The van der Waals surface area contributed by atoms with Gasteiger partial charge in [0.15, 0.2) is 0 Å². The zero-order valence-electron chi connectivity index (χ0n) is 24.1. The minimum Gasteiger partial charge on any atom is -0.463 e. The Bertz CT molecular complexity index is 916. The fourth-order valence-corrected chi connectivity index (χ4v) is 4.40. The molecule has 2 amide bonds. The number of ether oxygens (including phenoxy) is 1. The van der Waals surface area contributed by atoms with E-state index in [0.717, 1.165) is 5.56 Å². The Morgan fingerprint density at radius 3 is 2.03 bits per heavy atom. The van der Waals surface area contributed by atoms with Crippen LogP contribution in [0.2, 0.25) is 0 Å². The smallest absolute Gasteiger partial charge is 0.333 e. The zero-order chi connectivity index (χ0) is 27.8. The van der Waals surface area contributed by atoms with Crippen LogP contribution in [-0.4, -0.2) is 61.5 Å². The van der Waals surface area contributed by atoms with Crippen LogP contribution in [0.25, 0.3) is 0 Å². The number of nitrogens with zero attached hydrogens (tertiary/aromatic N) is 1. The van der Waals surface area contributed by atoms with E-state index < -0.39 is 28.9 Å². The summed E-state index contributed by atoms with van der Waals surface area (Å²) in [6, 6.07) is 8.19. The Kier molecular flexibility index (Phi) is 11.4. The Labute approximate surface area is 218 Å². The van der Waals surface area contributed by atoms with Gasteiger partial charge in [0.1, 0.15) is 6.04 Å². The van der Waals surface area contributed by atoms with Gasteiger partial charge in [-0.1, -0.05) is 84.9 Å². The van der Waals surface area contributed by atoms with Crippen molar-refractivity contribution in [2.24, 2.45) is 11.3 Å². The predicted molar refractivity (Wildman–Crippen MR) is 145 cm³/mol. The molecule has 0 aliphatic heterocycles. The molecule has 1 aromatic rings. The highest BCUT2D eigenvalue weighted by atomic mass is 16.5. The van der Waals surface area contributed by atoms with Crippen LogP contribution in [0.5, 0.6) is 0 Å². The minimum atomic E-state index is -0.769. The van der Waals surface area contributed by atoms with Crippen molar-refractivity contribution in [3.63, 3.8) is 0 Å². The second-order valence-electron chi connectivity index (χ2n) is 11.4. The molecule has 0 saturated carbocycles. The van der Waals surface area contributed by atoms with Gasteiger partial charge in [-0.3, -0.25) is 9.59 Å². The summed E-state index contributed by atoms with van der Waals surface area (Å²) in [4.78, 5) is 41.2. The molecule has 1 aromatic carbocycles. The van der Waals surface area contributed by atoms with Crippen molar-refractivity contribution in [3.05, 3.63) is 47.5 Å². The molecule has 0 heterocycles. The monoisotopic (exact) mass is 501 g/mol. The molecule has 0 aromatic heterocycles. The molecule has 7 heteroatoms. The highest BCUT2D eigenvalue weighted by Crippen LogP contribution is 2.29. The molecule has 0 aliphatic rings. The summed E-state index contributed by atoms with van der Waals surface area (Å²) in [5.74, 6) is -0.811. The van der Waals surface area contributed by atoms with Gasteiger partial charge < -0.3 is 20.3 Å². The lowest BCUT2D eigenvalue weighted by molar-refractivity contribution is -0.141. The average Bonchev–Trinajstić information content (AvgIpc) is 2.80. The van der Waals surface area contributed by atoms with Crippen molar-refractivity contribution < 1.29 is 19.1 Å². The lowest BCUT2D eigenvalue weighted by Gasteiger charge is -2.40. The lowest BCUT2D eigenvalue weighted by atomic mass is 9.76. The molecule has 2 N–H and O–H groups in total. The first kappa shape index (κ1) is 31.4. The first-order valence-electron chi connectivity index (χ1n) is 12.7. The van der Waals surface area contributed by atoms with Crippen molar-refractivity contribution in [1.82, 2.24) is 15.5 Å². The van der Waals surface area contributed by atoms with E-state index in [0.29, 0.717) is 5.57 Å². The van der Waals surface area contributed by atoms with Crippen LogP contribution < -0.4 is 10.6 Å². The van der Waals surface area contributed by atoms with E-state index in [1.54, 1.807) is 38.9 Å². The molecule has 0 radical (unpaired) electrons.